The highest BCUT2D eigenvalue weighted by Gasteiger charge is 2.35. The summed E-state index contributed by atoms with van der Waals surface area (Å²) in [4.78, 5) is 10.9. The Hall–Kier alpha value is -1.01. The van der Waals surface area contributed by atoms with E-state index in [1.807, 2.05) is 13.8 Å². The molecule has 1 fully saturated rings. The van der Waals surface area contributed by atoms with Crippen LogP contribution in [0.15, 0.2) is 17.9 Å². The van der Waals surface area contributed by atoms with Crippen molar-refractivity contribution >= 4 is 5.97 Å². The molecule has 54 valence electrons. The second kappa shape index (κ2) is 1.99. The number of hydrogen-bond acceptors (Lipinski definition) is 2. The third-order valence-electron chi connectivity index (χ3n) is 1.43. The van der Waals surface area contributed by atoms with Crippen LogP contribution in [0.3, 0.4) is 0 Å². The van der Waals surface area contributed by atoms with E-state index in [1.165, 1.54) is 0 Å². The third kappa shape index (κ3) is 1.12. The lowest BCUT2D eigenvalue weighted by Gasteiger charge is -2.13. The fraction of sp³-hybridized carbons (Fsp3) is 0.500. The molecule has 0 atom stereocenters. The van der Waals surface area contributed by atoms with Crippen LogP contribution in [-0.4, -0.2) is 11.6 Å². The first-order chi connectivity index (χ1) is 4.55. The van der Waals surface area contributed by atoms with E-state index in [1.54, 1.807) is 0 Å². The van der Waals surface area contributed by atoms with Crippen LogP contribution in [0.5, 0.6) is 0 Å². The summed E-state index contributed by atoms with van der Waals surface area (Å²) in [5.74, 6) is -0.278. The van der Waals surface area contributed by atoms with Gasteiger partial charge in [0, 0.05) is 6.42 Å². The van der Waals surface area contributed by atoms with Crippen molar-refractivity contribution in [3.05, 3.63) is 17.9 Å². The lowest BCUT2D eigenvalue weighted by Crippen LogP contribution is -2.17. The number of hydrogen-bond donors (Lipinski definition) is 0. The van der Waals surface area contributed by atoms with E-state index in [4.69, 9.17) is 4.74 Å². The van der Waals surface area contributed by atoms with Crippen LogP contribution in [-0.2, 0) is 9.53 Å². The fourth-order valence-corrected chi connectivity index (χ4v) is 0.981. The van der Waals surface area contributed by atoms with Crippen LogP contribution in [0, 0.1) is 0 Å². The summed E-state index contributed by atoms with van der Waals surface area (Å²) < 4.78 is 4.97. The van der Waals surface area contributed by atoms with Gasteiger partial charge in [0.25, 0.3) is 0 Å². The highest BCUT2D eigenvalue weighted by Crippen LogP contribution is 2.28. The molecule has 10 heavy (non-hydrogen) atoms. The molecule has 1 aliphatic heterocycles. The Kier molecular flexibility index (Phi) is 1.42. The lowest BCUT2D eigenvalue weighted by molar-refractivity contribution is -0.143. The minimum atomic E-state index is -0.350. The summed E-state index contributed by atoms with van der Waals surface area (Å²) in [5.41, 5.74) is 2.77. The van der Waals surface area contributed by atoms with E-state index in [0.717, 1.165) is 0 Å². The van der Waals surface area contributed by atoms with Gasteiger partial charge in [0.05, 0.1) is 5.57 Å². The number of ether oxygens (including phenoxy) is 1. The molecule has 0 aromatic carbocycles. The second-order valence-corrected chi connectivity index (χ2v) is 2.98. The molecule has 0 amide bonds. The third-order valence-corrected chi connectivity index (χ3v) is 1.43. The van der Waals surface area contributed by atoms with Crippen LogP contribution in [0.2, 0.25) is 0 Å². The summed E-state index contributed by atoms with van der Waals surface area (Å²) in [6, 6.07) is 0. The van der Waals surface area contributed by atoms with Crippen molar-refractivity contribution in [2.45, 2.75) is 25.9 Å². The van der Waals surface area contributed by atoms with E-state index >= 15 is 0 Å². The molecule has 0 aromatic rings. The number of carbonyl (C=O) groups is 1. The molecular weight excluding hydrogens is 128 g/mol. The molecule has 0 bridgehead atoms. The van der Waals surface area contributed by atoms with Crippen molar-refractivity contribution in [2.24, 2.45) is 0 Å². The molecule has 1 saturated heterocycles. The van der Waals surface area contributed by atoms with E-state index in [-0.39, 0.29) is 11.6 Å². The molecule has 0 saturated carbocycles. The Balaban J connectivity index is 2.91. The van der Waals surface area contributed by atoms with Gasteiger partial charge >= 0.3 is 5.97 Å². The Morgan fingerprint density at radius 1 is 1.70 bits per heavy atom. The summed E-state index contributed by atoms with van der Waals surface area (Å²) >= 11 is 0. The zero-order chi connectivity index (χ0) is 7.78. The SMILES string of the molecule is C=C=C1CC(C)(C)OC1=O. The normalized spacial score (nSPS) is 22.2. The fourth-order valence-electron chi connectivity index (χ4n) is 0.981. The van der Waals surface area contributed by atoms with Crippen LogP contribution in [0.25, 0.3) is 0 Å². The quantitative estimate of drug-likeness (QED) is 0.287. The Bertz CT molecular complexity index is 219. The van der Waals surface area contributed by atoms with Gasteiger partial charge in [-0.1, -0.05) is 6.58 Å². The van der Waals surface area contributed by atoms with Gasteiger partial charge in [-0.05, 0) is 13.8 Å². The Labute approximate surface area is 60.2 Å². The van der Waals surface area contributed by atoms with Gasteiger partial charge in [0.1, 0.15) is 5.60 Å². The average molecular weight is 138 g/mol. The first-order valence-electron chi connectivity index (χ1n) is 3.17. The molecule has 0 aromatic heterocycles. The molecular formula is C8H10O2. The molecule has 0 unspecified atom stereocenters. The van der Waals surface area contributed by atoms with Crippen LogP contribution < -0.4 is 0 Å². The van der Waals surface area contributed by atoms with Gasteiger partial charge in [-0.2, -0.15) is 0 Å². The predicted molar refractivity (Wildman–Crippen MR) is 37.4 cm³/mol. The van der Waals surface area contributed by atoms with Crippen molar-refractivity contribution in [2.75, 3.05) is 0 Å². The minimum Gasteiger partial charge on any atom is -0.455 e. The molecule has 1 rings (SSSR count). The number of cyclic esters (lactones) is 1. The summed E-state index contributed by atoms with van der Waals surface area (Å²) in [5, 5.41) is 0. The minimum absolute atomic E-state index is 0.278. The largest absolute Gasteiger partial charge is 0.455 e. The summed E-state index contributed by atoms with van der Waals surface area (Å²) in [6.45, 7) is 7.14. The van der Waals surface area contributed by atoms with Crippen LogP contribution in [0.1, 0.15) is 20.3 Å². The highest BCUT2D eigenvalue weighted by molar-refractivity contribution is 5.90. The maximum atomic E-state index is 10.9. The van der Waals surface area contributed by atoms with Crippen molar-refractivity contribution < 1.29 is 9.53 Å². The smallest absolute Gasteiger partial charge is 0.342 e. The standard InChI is InChI=1S/C8H10O2/c1-4-6-5-8(2,3)10-7(6)9/h1,5H2,2-3H3. The molecule has 0 aliphatic carbocycles. The zero-order valence-corrected chi connectivity index (χ0v) is 6.23. The Morgan fingerprint density at radius 3 is 2.50 bits per heavy atom. The number of rotatable bonds is 0. The lowest BCUT2D eigenvalue weighted by atomic mass is 10.0. The number of esters is 1. The monoisotopic (exact) mass is 138 g/mol. The zero-order valence-electron chi connectivity index (χ0n) is 6.23. The summed E-state index contributed by atoms with van der Waals surface area (Å²) in [7, 11) is 0. The maximum Gasteiger partial charge on any atom is 0.342 e. The molecule has 2 nitrogen and oxygen atoms in total. The second-order valence-electron chi connectivity index (χ2n) is 2.98. The highest BCUT2D eigenvalue weighted by atomic mass is 16.6. The maximum absolute atomic E-state index is 10.9. The Morgan fingerprint density at radius 2 is 2.30 bits per heavy atom. The van der Waals surface area contributed by atoms with Crippen molar-refractivity contribution in [1.29, 1.82) is 0 Å². The van der Waals surface area contributed by atoms with E-state index in [0.29, 0.717) is 12.0 Å². The first kappa shape index (κ1) is 7.10. The van der Waals surface area contributed by atoms with E-state index < -0.39 is 0 Å². The molecule has 1 aliphatic rings. The number of carbonyl (C=O) groups excluding carboxylic acids is 1. The molecule has 0 radical (unpaired) electrons. The van der Waals surface area contributed by atoms with Gasteiger partial charge in [0.2, 0.25) is 0 Å². The topological polar surface area (TPSA) is 26.3 Å². The molecule has 1 heterocycles. The van der Waals surface area contributed by atoms with Crippen molar-refractivity contribution in [3.8, 4) is 0 Å². The average Bonchev–Trinajstić information content (AvgIpc) is 2.05. The molecule has 0 spiro atoms. The van der Waals surface area contributed by atoms with Gasteiger partial charge in [-0.15, -0.1) is 5.73 Å². The van der Waals surface area contributed by atoms with Gasteiger partial charge in [-0.3, -0.25) is 0 Å². The van der Waals surface area contributed by atoms with E-state index in [2.05, 4.69) is 12.3 Å². The summed E-state index contributed by atoms with van der Waals surface area (Å²) in [6.07, 6.45) is 0.620. The van der Waals surface area contributed by atoms with Crippen LogP contribution >= 0.6 is 0 Å². The predicted octanol–water partition coefficient (Wildman–Crippen LogP) is 1.42. The first-order valence-corrected chi connectivity index (χ1v) is 3.17. The van der Waals surface area contributed by atoms with E-state index in [9.17, 15) is 4.79 Å². The van der Waals surface area contributed by atoms with Crippen molar-refractivity contribution in [3.63, 3.8) is 0 Å². The molecule has 0 N–H and O–H groups in total. The molecule has 2 heteroatoms. The van der Waals surface area contributed by atoms with Gasteiger partial charge in [-0.25, -0.2) is 4.79 Å². The van der Waals surface area contributed by atoms with Gasteiger partial charge < -0.3 is 4.74 Å². The van der Waals surface area contributed by atoms with Gasteiger partial charge in [0.15, 0.2) is 0 Å². The van der Waals surface area contributed by atoms with Crippen LogP contribution in [0.4, 0.5) is 0 Å². The van der Waals surface area contributed by atoms with Crippen molar-refractivity contribution in [1.82, 2.24) is 0 Å².